The molecule has 0 spiro atoms. The summed E-state index contributed by atoms with van der Waals surface area (Å²) in [5.74, 6) is 7.02. The molecule has 0 aromatic heterocycles. The maximum absolute atomic E-state index is 5.70. The predicted molar refractivity (Wildman–Crippen MR) is 63.5 cm³/mol. The Bertz CT molecular complexity index is 307. The topological polar surface area (TPSA) is 47.3 Å². The van der Waals surface area contributed by atoms with Crippen LogP contribution in [-0.4, -0.2) is 45.0 Å². The van der Waals surface area contributed by atoms with Crippen molar-refractivity contribution in [3.8, 4) is 0 Å². The highest BCUT2D eigenvalue weighted by Crippen LogP contribution is 2.34. The van der Waals surface area contributed by atoms with Gasteiger partial charge in [0.05, 0.1) is 37.8 Å². The maximum Gasteiger partial charge on any atom is 0.127 e. The van der Waals surface area contributed by atoms with Crippen molar-refractivity contribution < 1.29 is 9.80 Å². The molecule has 0 radical (unpaired) electrons. The van der Waals surface area contributed by atoms with Crippen LogP contribution >= 0.6 is 0 Å². The van der Waals surface area contributed by atoms with Gasteiger partial charge in [-0.1, -0.05) is 13.8 Å². The standard InChI is InChI=1S/C12H22N4/c1-9(2)12-7-15-3-4-16(8-12)6-10(5-15)11(12)14-13/h9-10H,3-8,13H2,1-2H3/p+2. The van der Waals surface area contributed by atoms with Gasteiger partial charge in [0.2, 0.25) is 0 Å². The number of nitrogens with two attached hydrogens (primary N) is 1. The summed E-state index contributed by atoms with van der Waals surface area (Å²) in [4.78, 5) is 3.58. The Balaban J connectivity index is 2.06. The molecule has 90 valence electrons. The normalized spacial score (nSPS) is 48.9. The van der Waals surface area contributed by atoms with E-state index < -0.39 is 0 Å². The van der Waals surface area contributed by atoms with Crippen LogP contribution in [0.5, 0.6) is 0 Å². The van der Waals surface area contributed by atoms with Gasteiger partial charge in [0.15, 0.2) is 0 Å². The second kappa shape index (κ2) is 3.44. The SMILES string of the molecule is CC(C)C12C[NH+]3CC[NH+](CC(C3)C1=NN)C2. The van der Waals surface area contributed by atoms with Gasteiger partial charge in [0.25, 0.3) is 0 Å². The second-order valence-corrected chi connectivity index (χ2v) is 6.28. The molecule has 4 saturated heterocycles. The first-order chi connectivity index (χ1) is 7.65. The Morgan fingerprint density at radius 2 is 1.81 bits per heavy atom. The van der Waals surface area contributed by atoms with E-state index in [0.717, 1.165) is 0 Å². The lowest BCUT2D eigenvalue weighted by Gasteiger charge is -2.48. The Hall–Kier alpha value is -0.610. The summed E-state index contributed by atoms with van der Waals surface area (Å²) in [5, 5.41) is 4.21. The van der Waals surface area contributed by atoms with Gasteiger partial charge in [-0.05, 0) is 5.92 Å². The number of hydrogen-bond acceptors (Lipinski definition) is 2. The van der Waals surface area contributed by atoms with Gasteiger partial charge in [0.1, 0.15) is 18.5 Å². The van der Waals surface area contributed by atoms with Gasteiger partial charge >= 0.3 is 0 Å². The van der Waals surface area contributed by atoms with Crippen LogP contribution in [0.15, 0.2) is 5.10 Å². The third kappa shape index (κ3) is 1.26. The molecule has 16 heavy (non-hydrogen) atoms. The second-order valence-electron chi connectivity index (χ2n) is 6.28. The molecule has 4 bridgehead atoms. The van der Waals surface area contributed by atoms with E-state index in [1.165, 1.54) is 45.0 Å². The molecule has 4 heteroatoms. The van der Waals surface area contributed by atoms with Crippen LogP contribution in [0.1, 0.15) is 13.8 Å². The molecule has 0 amide bonds. The number of quaternary nitrogens is 2. The van der Waals surface area contributed by atoms with Gasteiger partial charge in [0, 0.05) is 0 Å². The first kappa shape index (κ1) is 10.5. The molecule has 4 aliphatic rings. The predicted octanol–water partition coefficient (Wildman–Crippen LogP) is -2.63. The molecule has 0 aromatic rings. The molecule has 4 heterocycles. The molecule has 4 fully saturated rings. The molecular formula is C12H24N4+2. The van der Waals surface area contributed by atoms with Crippen LogP contribution in [-0.2, 0) is 0 Å². The van der Waals surface area contributed by atoms with Crippen molar-refractivity contribution in [2.24, 2.45) is 28.2 Å². The average Bonchev–Trinajstić information content (AvgIpc) is 2.47. The van der Waals surface area contributed by atoms with Gasteiger partial charge < -0.3 is 15.6 Å². The van der Waals surface area contributed by atoms with Crippen LogP contribution in [0, 0.1) is 17.3 Å². The van der Waals surface area contributed by atoms with Crippen molar-refractivity contribution in [1.82, 2.24) is 0 Å². The Kier molecular flexibility index (Phi) is 2.27. The molecule has 2 unspecified atom stereocenters. The monoisotopic (exact) mass is 224 g/mol. The lowest BCUT2D eigenvalue weighted by atomic mass is 9.64. The minimum absolute atomic E-state index is 0.303. The highest BCUT2D eigenvalue weighted by Gasteiger charge is 2.58. The minimum Gasteiger partial charge on any atom is -0.329 e. The van der Waals surface area contributed by atoms with E-state index in [-0.39, 0.29) is 0 Å². The molecule has 4 N–H and O–H groups in total. The smallest absolute Gasteiger partial charge is 0.127 e. The van der Waals surface area contributed by atoms with Gasteiger partial charge in [-0.25, -0.2) is 0 Å². The van der Waals surface area contributed by atoms with Crippen LogP contribution in [0.2, 0.25) is 0 Å². The van der Waals surface area contributed by atoms with Gasteiger partial charge in [-0.15, -0.1) is 0 Å². The highest BCUT2D eigenvalue weighted by atomic mass is 15.3. The largest absolute Gasteiger partial charge is 0.329 e. The number of hydrazone groups is 1. The third-order valence-corrected chi connectivity index (χ3v) is 5.17. The number of nitrogens with zero attached hydrogens (tertiary/aromatic N) is 1. The summed E-state index contributed by atoms with van der Waals surface area (Å²) in [5.41, 5.74) is 1.65. The molecule has 4 aliphatic heterocycles. The van der Waals surface area contributed by atoms with Crippen molar-refractivity contribution >= 4 is 5.71 Å². The highest BCUT2D eigenvalue weighted by molar-refractivity contribution is 5.93. The summed E-state index contributed by atoms with van der Waals surface area (Å²) in [6.45, 7) is 12.5. The number of fused-ring (bicyclic) bond motifs is 1. The summed E-state index contributed by atoms with van der Waals surface area (Å²) < 4.78 is 0. The number of piperidine rings is 2. The third-order valence-electron chi connectivity index (χ3n) is 5.17. The minimum atomic E-state index is 0.303. The van der Waals surface area contributed by atoms with Crippen molar-refractivity contribution in [3.05, 3.63) is 0 Å². The molecule has 4 nitrogen and oxygen atoms in total. The maximum atomic E-state index is 5.70. The molecule has 0 saturated carbocycles. The lowest BCUT2D eigenvalue weighted by molar-refractivity contribution is -0.918. The average molecular weight is 224 g/mol. The van der Waals surface area contributed by atoms with Crippen molar-refractivity contribution in [1.29, 1.82) is 0 Å². The summed E-state index contributed by atoms with van der Waals surface area (Å²) in [6.07, 6.45) is 0. The van der Waals surface area contributed by atoms with Crippen LogP contribution in [0.3, 0.4) is 0 Å². The van der Waals surface area contributed by atoms with E-state index in [0.29, 0.717) is 17.3 Å². The Morgan fingerprint density at radius 3 is 2.25 bits per heavy atom. The van der Waals surface area contributed by atoms with Crippen molar-refractivity contribution in [2.45, 2.75) is 13.8 Å². The number of hydrogen-bond donors (Lipinski definition) is 3. The zero-order valence-corrected chi connectivity index (χ0v) is 10.4. The lowest BCUT2D eigenvalue weighted by Crippen LogP contribution is -3.17. The van der Waals surface area contributed by atoms with E-state index in [1.807, 2.05) is 0 Å². The number of nitrogens with one attached hydrogen (secondary N) is 2. The Morgan fingerprint density at radius 1 is 1.25 bits per heavy atom. The van der Waals surface area contributed by atoms with Crippen LogP contribution in [0.4, 0.5) is 0 Å². The molecule has 4 rings (SSSR count). The first-order valence-corrected chi connectivity index (χ1v) is 6.61. The van der Waals surface area contributed by atoms with Crippen LogP contribution in [0.25, 0.3) is 0 Å². The summed E-state index contributed by atoms with van der Waals surface area (Å²) in [6, 6.07) is 0. The Labute approximate surface area is 97.5 Å². The van der Waals surface area contributed by atoms with E-state index in [2.05, 4.69) is 18.9 Å². The van der Waals surface area contributed by atoms with E-state index in [4.69, 9.17) is 5.84 Å². The number of rotatable bonds is 1. The van der Waals surface area contributed by atoms with E-state index in [9.17, 15) is 0 Å². The fourth-order valence-electron chi connectivity index (χ4n) is 4.32. The summed E-state index contributed by atoms with van der Waals surface area (Å²) in [7, 11) is 0. The van der Waals surface area contributed by atoms with E-state index in [1.54, 1.807) is 9.80 Å². The van der Waals surface area contributed by atoms with Gasteiger partial charge in [-0.2, -0.15) is 5.10 Å². The van der Waals surface area contributed by atoms with E-state index >= 15 is 0 Å². The fourth-order valence-corrected chi connectivity index (χ4v) is 4.32. The fraction of sp³-hybridized carbons (Fsp3) is 0.917. The van der Waals surface area contributed by atoms with Crippen molar-refractivity contribution in [2.75, 3.05) is 39.3 Å². The first-order valence-electron chi connectivity index (χ1n) is 6.61. The molecule has 0 aliphatic carbocycles. The zero-order chi connectivity index (χ0) is 11.3. The summed E-state index contributed by atoms with van der Waals surface area (Å²) >= 11 is 0. The molecular weight excluding hydrogens is 200 g/mol. The van der Waals surface area contributed by atoms with Crippen LogP contribution < -0.4 is 15.6 Å². The molecule has 2 atom stereocenters. The van der Waals surface area contributed by atoms with Crippen molar-refractivity contribution in [3.63, 3.8) is 0 Å². The molecule has 0 aromatic carbocycles. The zero-order valence-electron chi connectivity index (χ0n) is 10.4. The quantitative estimate of drug-likeness (QED) is 0.331. The van der Waals surface area contributed by atoms with Gasteiger partial charge in [-0.3, -0.25) is 0 Å².